The number of nitrogens with zero attached hydrogens (tertiary/aromatic N) is 1. The van der Waals surface area contributed by atoms with Crippen LogP contribution >= 0.6 is 0 Å². The highest BCUT2D eigenvalue weighted by molar-refractivity contribution is 6.01. The van der Waals surface area contributed by atoms with Crippen molar-refractivity contribution < 1.29 is 14.3 Å². The first kappa shape index (κ1) is 17.5. The van der Waals surface area contributed by atoms with Crippen molar-refractivity contribution in [2.24, 2.45) is 0 Å². The number of unbranched alkanes of at least 4 members (excludes halogenated alkanes) is 6. The van der Waals surface area contributed by atoms with Gasteiger partial charge in [0.15, 0.2) is 12.4 Å². The molecule has 23 heavy (non-hydrogen) atoms. The average molecular weight is 317 g/mol. The van der Waals surface area contributed by atoms with Crippen LogP contribution in [0.4, 0.5) is 5.69 Å². The Morgan fingerprint density at radius 1 is 1.13 bits per heavy atom. The summed E-state index contributed by atoms with van der Waals surface area (Å²) >= 11 is 0. The molecule has 0 bridgehead atoms. The van der Waals surface area contributed by atoms with Gasteiger partial charge in [0.1, 0.15) is 5.75 Å². The number of fused-ring (bicyclic) bond motifs is 1. The Bertz CT molecular complexity index is 554. The molecular weight excluding hydrogens is 290 g/mol. The van der Waals surface area contributed by atoms with E-state index in [4.69, 9.17) is 4.74 Å². The Morgan fingerprint density at radius 3 is 2.52 bits per heavy atom. The number of benzene rings is 1. The fraction of sp³-hybridized carbons (Fsp3) is 0.579. The number of rotatable bonds is 9. The molecule has 1 amide bonds. The normalized spacial score (nSPS) is 13.7. The maximum Gasteiger partial charge on any atom is 0.265 e. The molecular formula is C19H27NO3. The molecule has 2 rings (SSSR count). The molecule has 0 spiro atoms. The second-order valence-corrected chi connectivity index (χ2v) is 6.19. The van der Waals surface area contributed by atoms with Crippen molar-refractivity contribution >= 4 is 17.4 Å². The van der Waals surface area contributed by atoms with Gasteiger partial charge in [0.05, 0.1) is 5.69 Å². The summed E-state index contributed by atoms with van der Waals surface area (Å²) in [6.45, 7) is 4.54. The fourth-order valence-corrected chi connectivity index (χ4v) is 2.89. The van der Waals surface area contributed by atoms with Crippen molar-refractivity contribution in [3.8, 4) is 5.75 Å². The van der Waals surface area contributed by atoms with Gasteiger partial charge in [-0.3, -0.25) is 9.59 Å². The van der Waals surface area contributed by atoms with Gasteiger partial charge in [-0.2, -0.15) is 0 Å². The van der Waals surface area contributed by atoms with Crippen molar-refractivity contribution in [3.05, 3.63) is 23.8 Å². The molecule has 0 fully saturated rings. The van der Waals surface area contributed by atoms with E-state index in [9.17, 15) is 9.59 Å². The molecule has 0 saturated carbocycles. The van der Waals surface area contributed by atoms with E-state index < -0.39 is 0 Å². The number of ether oxygens (including phenoxy) is 1. The topological polar surface area (TPSA) is 46.6 Å². The summed E-state index contributed by atoms with van der Waals surface area (Å²) < 4.78 is 5.47. The third-order valence-corrected chi connectivity index (χ3v) is 4.29. The molecule has 4 heteroatoms. The average Bonchev–Trinajstić information content (AvgIpc) is 2.55. The lowest BCUT2D eigenvalue weighted by molar-refractivity contribution is -0.121. The van der Waals surface area contributed by atoms with Crippen LogP contribution in [-0.2, 0) is 4.79 Å². The monoisotopic (exact) mass is 317 g/mol. The molecule has 1 aliphatic rings. The zero-order valence-electron chi connectivity index (χ0n) is 14.3. The standard InChI is InChI=1S/C19H27NO3/c1-3-4-5-6-7-8-9-12-20-17-13-16(15(2)21)10-11-18(17)23-14-19(20)22/h10-11,13H,3-9,12,14H2,1-2H3. The van der Waals surface area contributed by atoms with E-state index in [-0.39, 0.29) is 18.3 Å². The van der Waals surface area contributed by atoms with Crippen molar-refractivity contribution in [1.29, 1.82) is 0 Å². The predicted octanol–water partition coefficient (Wildman–Crippen LogP) is 4.37. The summed E-state index contributed by atoms with van der Waals surface area (Å²) in [5.41, 5.74) is 1.35. The Kier molecular flexibility index (Phi) is 6.63. The third-order valence-electron chi connectivity index (χ3n) is 4.29. The van der Waals surface area contributed by atoms with E-state index in [2.05, 4.69) is 6.92 Å². The zero-order valence-corrected chi connectivity index (χ0v) is 14.3. The number of hydrogen-bond acceptors (Lipinski definition) is 3. The molecule has 0 aliphatic carbocycles. The van der Waals surface area contributed by atoms with Gasteiger partial charge in [-0.05, 0) is 31.5 Å². The summed E-state index contributed by atoms with van der Waals surface area (Å²) in [5.74, 6) is 0.670. The molecule has 0 unspecified atom stereocenters. The number of carbonyl (C=O) groups excluding carboxylic acids is 2. The van der Waals surface area contributed by atoms with Gasteiger partial charge in [0.2, 0.25) is 0 Å². The van der Waals surface area contributed by atoms with E-state index in [0.717, 1.165) is 18.5 Å². The lowest BCUT2D eigenvalue weighted by Crippen LogP contribution is -2.39. The highest BCUT2D eigenvalue weighted by atomic mass is 16.5. The number of amides is 1. The molecule has 1 aliphatic heterocycles. The summed E-state index contributed by atoms with van der Waals surface area (Å²) in [4.78, 5) is 25.5. The maximum absolute atomic E-state index is 12.2. The number of anilines is 1. The lowest BCUT2D eigenvalue weighted by atomic mass is 10.1. The molecule has 0 aromatic heterocycles. The summed E-state index contributed by atoms with van der Waals surface area (Å²) in [6, 6.07) is 5.31. The van der Waals surface area contributed by atoms with Gasteiger partial charge in [-0.15, -0.1) is 0 Å². The Morgan fingerprint density at radius 2 is 1.83 bits per heavy atom. The molecule has 4 nitrogen and oxygen atoms in total. The van der Waals surface area contributed by atoms with Gasteiger partial charge in [-0.25, -0.2) is 0 Å². The van der Waals surface area contributed by atoms with Crippen molar-refractivity contribution in [2.75, 3.05) is 18.1 Å². The highest BCUT2D eigenvalue weighted by Gasteiger charge is 2.25. The van der Waals surface area contributed by atoms with Crippen molar-refractivity contribution in [3.63, 3.8) is 0 Å². The lowest BCUT2D eigenvalue weighted by Gasteiger charge is -2.29. The molecule has 1 aromatic rings. The summed E-state index contributed by atoms with van der Waals surface area (Å²) in [5, 5.41) is 0. The van der Waals surface area contributed by atoms with Crippen LogP contribution in [0.15, 0.2) is 18.2 Å². The summed E-state index contributed by atoms with van der Waals surface area (Å²) in [6.07, 6.45) is 8.49. The van der Waals surface area contributed by atoms with Gasteiger partial charge >= 0.3 is 0 Å². The van der Waals surface area contributed by atoms with E-state index in [1.807, 2.05) is 0 Å². The first-order valence-corrected chi connectivity index (χ1v) is 8.71. The van der Waals surface area contributed by atoms with Gasteiger partial charge in [0, 0.05) is 12.1 Å². The SMILES string of the molecule is CCCCCCCCCN1C(=O)COc2ccc(C(C)=O)cc21. The van der Waals surface area contributed by atoms with Crippen LogP contribution in [0, 0.1) is 0 Å². The van der Waals surface area contributed by atoms with Crippen LogP contribution in [0.25, 0.3) is 0 Å². The van der Waals surface area contributed by atoms with Gasteiger partial charge in [0.25, 0.3) is 5.91 Å². The number of carbonyl (C=O) groups is 2. The molecule has 1 aromatic carbocycles. The molecule has 0 N–H and O–H groups in total. The minimum atomic E-state index is -0.0239. The quantitative estimate of drug-likeness (QED) is 0.502. The van der Waals surface area contributed by atoms with Gasteiger partial charge < -0.3 is 9.64 Å². The number of Topliss-reactive ketones (excluding diaryl/α,β-unsaturated/α-hetero) is 1. The van der Waals surface area contributed by atoms with E-state index in [1.54, 1.807) is 23.1 Å². The molecule has 0 saturated heterocycles. The van der Waals surface area contributed by atoms with Crippen LogP contribution < -0.4 is 9.64 Å². The molecule has 0 radical (unpaired) electrons. The van der Waals surface area contributed by atoms with E-state index in [0.29, 0.717) is 17.9 Å². The highest BCUT2D eigenvalue weighted by Crippen LogP contribution is 2.33. The van der Waals surface area contributed by atoms with Crippen LogP contribution in [0.5, 0.6) is 5.75 Å². The number of ketones is 1. The second kappa shape index (κ2) is 8.70. The minimum Gasteiger partial charge on any atom is -0.482 e. The van der Waals surface area contributed by atoms with Crippen LogP contribution in [0.1, 0.15) is 69.2 Å². The van der Waals surface area contributed by atoms with E-state index >= 15 is 0 Å². The number of hydrogen-bond donors (Lipinski definition) is 0. The van der Waals surface area contributed by atoms with Gasteiger partial charge in [-0.1, -0.05) is 45.4 Å². The fourth-order valence-electron chi connectivity index (χ4n) is 2.89. The predicted molar refractivity (Wildman–Crippen MR) is 92.3 cm³/mol. The zero-order chi connectivity index (χ0) is 16.7. The first-order valence-electron chi connectivity index (χ1n) is 8.71. The largest absolute Gasteiger partial charge is 0.482 e. The van der Waals surface area contributed by atoms with Crippen LogP contribution in [-0.4, -0.2) is 24.8 Å². The minimum absolute atomic E-state index is 0.00157. The summed E-state index contributed by atoms with van der Waals surface area (Å²) in [7, 11) is 0. The van der Waals surface area contributed by atoms with Crippen LogP contribution in [0.3, 0.4) is 0 Å². The third kappa shape index (κ3) is 4.81. The smallest absolute Gasteiger partial charge is 0.265 e. The van der Waals surface area contributed by atoms with Crippen LogP contribution in [0.2, 0.25) is 0 Å². The first-order chi connectivity index (χ1) is 11.1. The maximum atomic E-state index is 12.2. The Hall–Kier alpha value is -1.84. The Balaban J connectivity index is 1.92. The Labute approximate surface area is 138 Å². The molecule has 1 heterocycles. The van der Waals surface area contributed by atoms with Crippen molar-refractivity contribution in [1.82, 2.24) is 0 Å². The van der Waals surface area contributed by atoms with Crippen molar-refractivity contribution in [2.45, 2.75) is 58.8 Å². The molecule has 0 atom stereocenters. The molecule has 126 valence electrons. The second-order valence-electron chi connectivity index (χ2n) is 6.19. The van der Waals surface area contributed by atoms with E-state index in [1.165, 1.54) is 39.0 Å².